The summed E-state index contributed by atoms with van der Waals surface area (Å²) < 4.78 is 1.94. The van der Waals surface area contributed by atoms with Gasteiger partial charge in [-0.3, -0.25) is 0 Å². The Kier molecular flexibility index (Phi) is 3.01. The first-order chi connectivity index (χ1) is 7.61. The molecule has 0 unspecified atom stereocenters. The number of alkyl halides is 1. The Hall–Kier alpha value is -1.28. The van der Waals surface area contributed by atoms with Crippen LogP contribution in [0.4, 0.5) is 0 Å². The van der Waals surface area contributed by atoms with Crippen LogP contribution in [0.15, 0.2) is 24.4 Å². The van der Waals surface area contributed by atoms with E-state index in [1.807, 2.05) is 17.8 Å². The lowest BCUT2D eigenvalue weighted by molar-refractivity contribution is 0.843. The summed E-state index contributed by atoms with van der Waals surface area (Å²) in [6.45, 7) is 6.23. The van der Waals surface area contributed by atoms with Gasteiger partial charge in [-0.25, -0.2) is 4.68 Å². The van der Waals surface area contributed by atoms with Crippen molar-refractivity contribution in [3.63, 3.8) is 0 Å². The molecule has 3 heteroatoms. The first-order valence-electron chi connectivity index (χ1n) is 5.30. The molecule has 84 valence electrons. The predicted octanol–water partition coefficient (Wildman–Crippen LogP) is 3.54. The highest BCUT2D eigenvalue weighted by molar-refractivity contribution is 6.17. The minimum absolute atomic E-state index is 0.511. The van der Waals surface area contributed by atoms with E-state index < -0.39 is 0 Å². The Labute approximate surface area is 101 Å². The van der Waals surface area contributed by atoms with Crippen molar-refractivity contribution in [1.29, 1.82) is 0 Å². The van der Waals surface area contributed by atoms with Gasteiger partial charge < -0.3 is 0 Å². The Bertz CT molecular complexity index is 494. The molecule has 0 bridgehead atoms. The molecule has 0 fully saturated rings. The Balaban J connectivity index is 2.54. The van der Waals surface area contributed by atoms with Gasteiger partial charge in [0, 0.05) is 11.3 Å². The molecule has 1 heterocycles. The molecule has 2 aromatic rings. The first kappa shape index (κ1) is 11.2. The molecule has 16 heavy (non-hydrogen) atoms. The molecule has 2 nitrogen and oxygen atoms in total. The van der Waals surface area contributed by atoms with Crippen molar-refractivity contribution < 1.29 is 0 Å². The van der Waals surface area contributed by atoms with Gasteiger partial charge in [0.2, 0.25) is 0 Å². The number of aromatic nitrogens is 2. The quantitative estimate of drug-likeness (QED) is 0.727. The fourth-order valence-electron chi connectivity index (χ4n) is 1.91. The molecule has 0 saturated heterocycles. The van der Waals surface area contributed by atoms with Gasteiger partial charge in [-0.15, -0.1) is 11.6 Å². The van der Waals surface area contributed by atoms with Gasteiger partial charge in [-0.1, -0.05) is 6.07 Å². The molecule has 0 aliphatic carbocycles. The minimum atomic E-state index is 0.511. The van der Waals surface area contributed by atoms with E-state index in [1.165, 1.54) is 11.1 Å². The van der Waals surface area contributed by atoms with Gasteiger partial charge in [-0.2, -0.15) is 5.10 Å². The zero-order chi connectivity index (χ0) is 11.7. The highest BCUT2D eigenvalue weighted by Crippen LogP contribution is 2.18. The van der Waals surface area contributed by atoms with Crippen molar-refractivity contribution in [2.75, 3.05) is 0 Å². The minimum Gasteiger partial charge on any atom is -0.238 e. The second kappa shape index (κ2) is 4.30. The van der Waals surface area contributed by atoms with Crippen LogP contribution in [0.5, 0.6) is 0 Å². The summed E-state index contributed by atoms with van der Waals surface area (Å²) >= 11 is 5.84. The van der Waals surface area contributed by atoms with Crippen LogP contribution < -0.4 is 0 Å². The van der Waals surface area contributed by atoms with Crippen molar-refractivity contribution >= 4 is 11.6 Å². The molecule has 0 saturated carbocycles. The summed E-state index contributed by atoms with van der Waals surface area (Å²) in [7, 11) is 0. The van der Waals surface area contributed by atoms with E-state index in [0.717, 1.165) is 16.9 Å². The van der Waals surface area contributed by atoms with Crippen molar-refractivity contribution in [3.8, 4) is 5.69 Å². The van der Waals surface area contributed by atoms with Gasteiger partial charge in [0.1, 0.15) is 0 Å². The Morgan fingerprint density at radius 2 is 1.75 bits per heavy atom. The smallest absolute Gasteiger partial charge is 0.0654 e. The van der Waals surface area contributed by atoms with E-state index in [-0.39, 0.29) is 0 Å². The number of rotatable bonds is 2. The lowest BCUT2D eigenvalue weighted by Gasteiger charge is -2.07. The maximum atomic E-state index is 5.84. The van der Waals surface area contributed by atoms with Gasteiger partial charge in [0.25, 0.3) is 0 Å². The van der Waals surface area contributed by atoms with Crippen molar-refractivity contribution in [2.24, 2.45) is 0 Å². The zero-order valence-corrected chi connectivity index (χ0v) is 10.5. The number of nitrogens with zero attached hydrogens (tertiary/aromatic N) is 2. The van der Waals surface area contributed by atoms with Crippen LogP contribution in [-0.2, 0) is 5.88 Å². The molecule has 1 aromatic carbocycles. The number of aryl methyl sites for hydroxylation is 2. The van der Waals surface area contributed by atoms with E-state index >= 15 is 0 Å². The fourth-order valence-corrected chi connectivity index (χ4v) is 2.17. The van der Waals surface area contributed by atoms with Crippen LogP contribution >= 0.6 is 11.6 Å². The largest absolute Gasteiger partial charge is 0.238 e. The van der Waals surface area contributed by atoms with Crippen molar-refractivity contribution in [1.82, 2.24) is 9.78 Å². The first-order valence-corrected chi connectivity index (χ1v) is 5.83. The summed E-state index contributed by atoms with van der Waals surface area (Å²) in [5.74, 6) is 0.511. The summed E-state index contributed by atoms with van der Waals surface area (Å²) in [6, 6.07) is 6.42. The zero-order valence-electron chi connectivity index (χ0n) is 9.79. The van der Waals surface area contributed by atoms with Crippen LogP contribution in [0, 0.1) is 20.8 Å². The standard InChI is InChI=1S/C13H15ClN2/c1-9-4-10(2)6-13(5-9)16-11(3)12(7-14)8-15-16/h4-6,8H,7H2,1-3H3. The van der Waals surface area contributed by atoms with E-state index in [4.69, 9.17) is 11.6 Å². The lowest BCUT2D eigenvalue weighted by Crippen LogP contribution is -2.00. The number of hydrogen-bond donors (Lipinski definition) is 0. The average Bonchev–Trinajstić information content (AvgIpc) is 2.58. The molecular formula is C13H15ClN2. The third kappa shape index (κ3) is 1.98. The molecule has 0 amide bonds. The molecule has 0 spiro atoms. The van der Waals surface area contributed by atoms with Gasteiger partial charge in [0.15, 0.2) is 0 Å². The van der Waals surface area contributed by atoms with Crippen molar-refractivity contribution in [2.45, 2.75) is 26.7 Å². The molecule has 0 N–H and O–H groups in total. The summed E-state index contributed by atoms with van der Waals surface area (Å²) in [6.07, 6.45) is 1.83. The molecule has 0 aliphatic rings. The Morgan fingerprint density at radius 3 is 2.25 bits per heavy atom. The molecule has 2 rings (SSSR count). The SMILES string of the molecule is Cc1cc(C)cc(-n2ncc(CCl)c2C)c1. The maximum Gasteiger partial charge on any atom is 0.0654 e. The molecule has 0 atom stereocenters. The van der Waals surface area contributed by atoms with E-state index in [9.17, 15) is 0 Å². The average molecular weight is 235 g/mol. The highest BCUT2D eigenvalue weighted by Gasteiger charge is 2.07. The molecule has 0 radical (unpaired) electrons. The van der Waals surface area contributed by atoms with Crippen LogP contribution in [0.2, 0.25) is 0 Å². The number of benzene rings is 1. The number of halogens is 1. The molecular weight excluding hydrogens is 220 g/mol. The summed E-state index contributed by atoms with van der Waals surface area (Å²) in [4.78, 5) is 0. The monoisotopic (exact) mass is 234 g/mol. The van der Waals surface area contributed by atoms with Crippen LogP contribution in [0.3, 0.4) is 0 Å². The highest BCUT2D eigenvalue weighted by atomic mass is 35.5. The van der Waals surface area contributed by atoms with Crippen LogP contribution in [0.1, 0.15) is 22.4 Å². The third-order valence-corrected chi connectivity index (χ3v) is 2.99. The predicted molar refractivity (Wildman–Crippen MR) is 67.3 cm³/mol. The molecule has 1 aromatic heterocycles. The second-order valence-corrected chi connectivity index (χ2v) is 4.41. The van der Waals surface area contributed by atoms with E-state index in [2.05, 4.69) is 37.1 Å². The second-order valence-electron chi connectivity index (χ2n) is 4.15. The topological polar surface area (TPSA) is 17.8 Å². The summed E-state index contributed by atoms with van der Waals surface area (Å²) in [5, 5.41) is 4.37. The van der Waals surface area contributed by atoms with Crippen LogP contribution in [-0.4, -0.2) is 9.78 Å². The normalized spacial score (nSPS) is 10.8. The van der Waals surface area contributed by atoms with Gasteiger partial charge in [-0.05, 0) is 44.0 Å². The van der Waals surface area contributed by atoms with Gasteiger partial charge >= 0.3 is 0 Å². The fraction of sp³-hybridized carbons (Fsp3) is 0.308. The summed E-state index contributed by atoms with van der Waals surface area (Å²) in [5.41, 5.74) is 5.79. The third-order valence-electron chi connectivity index (χ3n) is 2.71. The molecule has 0 aliphatic heterocycles. The van der Waals surface area contributed by atoms with E-state index in [0.29, 0.717) is 5.88 Å². The van der Waals surface area contributed by atoms with Crippen molar-refractivity contribution in [3.05, 3.63) is 46.8 Å². The lowest BCUT2D eigenvalue weighted by atomic mass is 10.1. The van der Waals surface area contributed by atoms with E-state index in [1.54, 1.807) is 0 Å². The van der Waals surface area contributed by atoms with Crippen LogP contribution in [0.25, 0.3) is 5.69 Å². The maximum absolute atomic E-state index is 5.84. The Morgan fingerprint density at radius 1 is 1.12 bits per heavy atom. The number of hydrogen-bond acceptors (Lipinski definition) is 1. The van der Waals surface area contributed by atoms with Gasteiger partial charge in [0.05, 0.1) is 17.8 Å².